The van der Waals surface area contributed by atoms with Crippen LogP contribution in [0.2, 0.25) is 10.0 Å². The Kier molecular flexibility index (Phi) is 4.60. The van der Waals surface area contributed by atoms with Crippen molar-refractivity contribution < 1.29 is 9.21 Å². The molecule has 0 aliphatic heterocycles. The lowest BCUT2D eigenvalue weighted by molar-refractivity contribution is 0.102. The van der Waals surface area contributed by atoms with Crippen molar-refractivity contribution in [3.8, 4) is 11.5 Å². The van der Waals surface area contributed by atoms with E-state index >= 15 is 0 Å². The Morgan fingerprint density at radius 3 is 2.70 bits per heavy atom. The van der Waals surface area contributed by atoms with E-state index in [1.807, 2.05) is 25.1 Å². The van der Waals surface area contributed by atoms with Crippen LogP contribution in [0, 0.1) is 6.92 Å². The standard InChI is InChI=1S/C21H14Cl2N2O2/c1-12-3-2-4-13(9-12)20(26)24-17-10-14(5-7-16(17)23)21-25-18-11-15(22)6-8-19(18)27-21/h2-11H,1H3,(H,24,26). The Morgan fingerprint density at radius 2 is 1.89 bits per heavy atom. The SMILES string of the molecule is Cc1cccc(C(=O)Nc2cc(-c3nc4cc(Cl)ccc4o3)ccc2Cl)c1. The van der Waals surface area contributed by atoms with Crippen molar-refractivity contribution in [2.24, 2.45) is 0 Å². The first-order valence-corrected chi connectivity index (χ1v) is 8.99. The van der Waals surface area contributed by atoms with Crippen LogP contribution in [-0.2, 0) is 0 Å². The lowest BCUT2D eigenvalue weighted by atomic mass is 10.1. The number of nitrogens with one attached hydrogen (secondary N) is 1. The molecule has 0 fully saturated rings. The molecular weight excluding hydrogens is 383 g/mol. The number of oxazole rings is 1. The van der Waals surface area contributed by atoms with Gasteiger partial charge in [-0.2, -0.15) is 0 Å². The third-order valence-electron chi connectivity index (χ3n) is 4.09. The third kappa shape index (κ3) is 3.68. The van der Waals surface area contributed by atoms with E-state index < -0.39 is 0 Å². The first-order valence-electron chi connectivity index (χ1n) is 8.23. The number of nitrogens with zero attached hydrogens (tertiary/aromatic N) is 1. The summed E-state index contributed by atoms with van der Waals surface area (Å²) in [5.41, 5.74) is 4.06. The van der Waals surface area contributed by atoms with Gasteiger partial charge in [0.2, 0.25) is 5.89 Å². The van der Waals surface area contributed by atoms with Crippen LogP contribution >= 0.6 is 23.2 Å². The van der Waals surface area contributed by atoms with E-state index in [1.165, 1.54) is 0 Å². The first kappa shape index (κ1) is 17.6. The van der Waals surface area contributed by atoms with Crippen LogP contribution < -0.4 is 5.32 Å². The number of halogens is 2. The van der Waals surface area contributed by atoms with Crippen LogP contribution in [-0.4, -0.2) is 10.9 Å². The summed E-state index contributed by atoms with van der Waals surface area (Å²) in [4.78, 5) is 17.0. The first-order chi connectivity index (χ1) is 13.0. The summed E-state index contributed by atoms with van der Waals surface area (Å²) in [5.74, 6) is 0.192. The minimum Gasteiger partial charge on any atom is -0.436 e. The topological polar surface area (TPSA) is 55.1 Å². The van der Waals surface area contributed by atoms with E-state index in [0.29, 0.717) is 43.9 Å². The Morgan fingerprint density at radius 1 is 1.04 bits per heavy atom. The molecule has 0 saturated heterocycles. The Hall–Kier alpha value is -2.82. The monoisotopic (exact) mass is 396 g/mol. The number of aromatic nitrogens is 1. The fourth-order valence-electron chi connectivity index (χ4n) is 2.76. The molecule has 0 unspecified atom stereocenters. The zero-order chi connectivity index (χ0) is 19.0. The van der Waals surface area contributed by atoms with Gasteiger partial charge in [0.15, 0.2) is 5.58 Å². The van der Waals surface area contributed by atoms with E-state index in [1.54, 1.807) is 42.5 Å². The molecule has 134 valence electrons. The zero-order valence-electron chi connectivity index (χ0n) is 14.3. The molecule has 0 atom stereocenters. The van der Waals surface area contributed by atoms with Crippen LogP contribution in [0.15, 0.2) is 65.1 Å². The maximum absolute atomic E-state index is 12.5. The maximum Gasteiger partial charge on any atom is 0.255 e. The average molecular weight is 397 g/mol. The largest absolute Gasteiger partial charge is 0.436 e. The normalized spacial score (nSPS) is 10.9. The molecule has 0 aliphatic rings. The summed E-state index contributed by atoms with van der Waals surface area (Å²) in [6.45, 7) is 1.93. The summed E-state index contributed by atoms with van der Waals surface area (Å²) >= 11 is 12.3. The number of hydrogen-bond acceptors (Lipinski definition) is 3. The molecule has 4 nitrogen and oxygen atoms in total. The Bertz CT molecular complexity index is 1170. The van der Waals surface area contributed by atoms with Crippen LogP contribution in [0.25, 0.3) is 22.6 Å². The fraction of sp³-hybridized carbons (Fsp3) is 0.0476. The summed E-state index contributed by atoms with van der Waals surface area (Å²) in [6.07, 6.45) is 0. The summed E-state index contributed by atoms with van der Waals surface area (Å²) in [5, 5.41) is 3.86. The number of aryl methyl sites for hydroxylation is 1. The lowest BCUT2D eigenvalue weighted by Gasteiger charge is -2.09. The second-order valence-electron chi connectivity index (χ2n) is 6.15. The van der Waals surface area contributed by atoms with Gasteiger partial charge in [0.25, 0.3) is 5.91 Å². The van der Waals surface area contributed by atoms with Gasteiger partial charge >= 0.3 is 0 Å². The molecule has 1 amide bonds. The zero-order valence-corrected chi connectivity index (χ0v) is 15.8. The molecule has 3 aromatic carbocycles. The van der Waals surface area contributed by atoms with Gasteiger partial charge in [-0.3, -0.25) is 4.79 Å². The van der Waals surface area contributed by atoms with Crippen molar-refractivity contribution >= 4 is 45.9 Å². The van der Waals surface area contributed by atoms with Crippen LogP contribution in [0.5, 0.6) is 0 Å². The van der Waals surface area contributed by atoms with E-state index in [0.717, 1.165) is 5.56 Å². The quantitative estimate of drug-likeness (QED) is 0.438. The highest BCUT2D eigenvalue weighted by Crippen LogP contribution is 2.31. The molecule has 0 radical (unpaired) electrons. The van der Waals surface area contributed by atoms with Crippen LogP contribution in [0.4, 0.5) is 5.69 Å². The predicted molar refractivity (Wildman–Crippen MR) is 109 cm³/mol. The van der Waals surface area contributed by atoms with E-state index in [-0.39, 0.29) is 5.91 Å². The number of rotatable bonds is 3. The number of anilines is 1. The number of carbonyl (C=O) groups excluding carboxylic acids is 1. The summed E-state index contributed by atoms with van der Waals surface area (Å²) < 4.78 is 5.78. The summed E-state index contributed by atoms with van der Waals surface area (Å²) in [6, 6.07) is 17.8. The maximum atomic E-state index is 12.5. The molecule has 27 heavy (non-hydrogen) atoms. The molecule has 1 aromatic heterocycles. The van der Waals surface area contributed by atoms with Crippen molar-refractivity contribution in [2.75, 3.05) is 5.32 Å². The molecule has 4 aromatic rings. The van der Waals surface area contributed by atoms with Crippen molar-refractivity contribution in [1.82, 2.24) is 4.98 Å². The average Bonchev–Trinajstić information content (AvgIpc) is 3.06. The molecule has 0 saturated carbocycles. The second kappa shape index (κ2) is 7.06. The number of amides is 1. The van der Waals surface area contributed by atoms with Crippen molar-refractivity contribution in [3.05, 3.63) is 81.8 Å². The summed E-state index contributed by atoms with van der Waals surface area (Å²) in [7, 11) is 0. The molecular formula is C21H14Cl2N2O2. The number of carbonyl (C=O) groups is 1. The lowest BCUT2D eigenvalue weighted by Crippen LogP contribution is -2.12. The third-order valence-corrected chi connectivity index (χ3v) is 4.66. The highest BCUT2D eigenvalue weighted by molar-refractivity contribution is 6.34. The fourth-order valence-corrected chi connectivity index (χ4v) is 3.09. The second-order valence-corrected chi connectivity index (χ2v) is 6.99. The molecule has 6 heteroatoms. The van der Waals surface area contributed by atoms with Crippen molar-refractivity contribution in [1.29, 1.82) is 0 Å². The smallest absolute Gasteiger partial charge is 0.255 e. The number of fused-ring (bicyclic) bond motifs is 1. The number of hydrogen-bond donors (Lipinski definition) is 1. The van der Waals surface area contributed by atoms with Gasteiger partial charge in [0.1, 0.15) is 5.52 Å². The van der Waals surface area contributed by atoms with E-state index in [4.69, 9.17) is 27.6 Å². The van der Waals surface area contributed by atoms with Gasteiger partial charge in [0.05, 0.1) is 10.7 Å². The highest BCUT2D eigenvalue weighted by atomic mass is 35.5. The molecule has 1 heterocycles. The van der Waals surface area contributed by atoms with Crippen molar-refractivity contribution in [2.45, 2.75) is 6.92 Å². The van der Waals surface area contributed by atoms with Gasteiger partial charge < -0.3 is 9.73 Å². The van der Waals surface area contributed by atoms with Gasteiger partial charge in [-0.1, -0.05) is 40.9 Å². The van der Waals surface area contributed by atoms with Crippen LogP contribution in [0.1, 0.15) is 15.9 Å². The minimum atomic E-state index is -0.234. The predicted octanol–water partition coefficient (Wildman–Crippen LogP) is 6.36. The van der Waals surface area contributed by atoms with Gasteiger partial charge in [-0.15, -0.1) is 0 Å². The molecule has 0 aliphatic carbocycles. The Labute approximate surface area is 165 Å². The Balaban J connectivity index is 1.67. The number of benzene rings is 3. The van der Waals surface area contributed by atoms with E-state index in [2.05, 4.69) is 10.3 Å². The molecule has 0 bridgehead atoms. The van der Waals surface area contributed by atoms with Gasteiger partial charge in [-0.25, -0.2) is 4.98 Å². The van der Waals surface area contributed by atoms with Gasteiger partial charge in [0, 0.05) is 16.1 Å². The molecule has 1 N–H and O–H groups in total. The van der Waals surface area contributed by atoms with Gasteiger partial charge in [-0.05, 0) is 55.5 Å². The highest BCUT2D eigenvalue weighted by Gasteiger charge is 2.13. The van der Waals surface area contributed by atoms with Crippen LogP contribution in [0.3, 0.4) is 0 Å². The van der Waals surface area contributed by atoms with Crippen molar-refractivity contribution in [3.63, 3.8) is 0 Å². The van der Waals surface area contributed by atoms with E-state index in [9.17, 15) is 4.79 Å². The minimum absolute atomic E-state index is 0.234. The molecule has 4 rings (SSSR count). The molecule has 0 spiro atoms.